The Bertz CT molecular complexity index is 1280. The Kier molecular flexibility index (Phi) is 6.93. The van der Waals surface area contributed by atoms with Gasteiger partial charge in [-0.25, -0.2) is 4.79 Å². The van der Waals surface area contributed by atoms with Crippen LogP contribution in [-0.4, -0.2) is 35.0 Å². The molecule has 0 fully saturated rings. The average Bonchev–Trinajstić information content (AvgIpc) is 2.84. The fraction of sp³-hybridized carbons (Fsp3) is 0.222. The molecule has 1 aliphatic rings. The molecular formula is C27H27N3O3S. The van der Waals surface area contributed by atoms with Crippen LogP contribution in [-0.2, 0) is 9.53 Å². The van der Waals surface area contributed by atoms with Crippen molar-refractivity contribution in [3.8, 4) is 0 Å². The predicted molar refractivity (Wildman–Crippen MR) is 139 cm³/mol. The summed E-state index contributed by atoms with van der Waals surface area (Å²) in [6, 6.07) is 20.5. The van der Waals surface area contributed by atoms with E-state index in [1.807, 2.05) is 85.5 Å². The summed E-state index contributed by atoms with van der Waals surface area (Å²) in [6.45, 7) is 6.58. The molecule has 0 saturated carbocycles. The molecule has 3 aromatic rings. The van der Waals surface area contributed by atoms with Gasteiger partial charge in [0.25, 0.3) is 5.91 Å². The van der Waals surface area contributed by atoms with Crippen molar-refractivity contribution in [2.45, 2.75) is 26.8 Å². The van der Waals surface area contributed by atoms with Crippen LogP contribution in [0.3, 0.4) is 0 Å². The number of hydrogen-bond donors (Lipinski definition) is 2. The zero-order valence-corrected chi connectivity index (χ0v) is 20.2. The fourth-order valence-corrected chi connectivity index (χ4v) is 4.56. The highest BCUT2D eigenvalue weighted by atomic mass is 32.1. The number of anilines is 1. The molecule has 1 aliphatic heterocycles. The molecule has 0 saturated heterocycles. The summed E-state index contributed by atoms with van der Waals surface area (Å²) in [7, 11) is 0. The van der Waals surface area contributed by atoms with Gasteiger partial charge in [-0.1, -0.05) is 42.5 Å². The maximum Gasteiger partial charge on any atom is 0.338 e. The molecule has 0 bridgehead atoms. The van der Waals surface area contributed by atoms with Gasteiger partial charge in [-0.15, -0.1) is 0 Å². The summed E-state index contributed by atoms with van der Waals surface area (Å²) in [5.74, 6) is -0.552. The van der Waals surface area contributed by atoms with E-state index in [0.29, 0.717) is 35.1 Å². The van der Waals surface area contributed by atoms with Gasteiger partial charge in [-0.2, -0.15) is 0 Å². The molecule has 7 heteroatoms. The number of carbonyl (C=O) groups is 2. The number of hydrogen-bond acceptors (Lipinski definition) is 4. The molecule has 3 aromatic carbocycles. The molecule has 6 nitrogen and oxygen atoms in total. The van der Waals surface area contributed by atoms with Crippen molar-refractivity contribution in [3.63, 3.8) is 0 Å². The molecule has 1 heterocycles. The van der Waals surface area contributed by atoms with Gasteiger partial charge in [0.2, 0.25) is 0 Å². The summed E-state index contributed by atoms with van der Waals surface area (Å²) in [6.07, 6.45) is 0. The summed E-state index contributed by atoms with van der Waals surface area (Å²) >= 11 is 5.53. The molecule has 174 valence electrons. The highest BCUT2D eigenvalue weighted by Crippen LogP contribution is 2.32. The highest BCUT2D eigenvalue weighted by Gasteiger charge is 2.34. The standard InChI is InChI=1S/C27H27N3O3S/c1-4-30-17(3)23(26(32)33-5-2)24(29-27(30)34)19-12-14-22(15-13-19)28-25(31)21-11-10-18-8-6-7-9-20(18)16-21/h6-16,24H,4-5H2,1-3H3,(H,28,31)(H,29,34). The molecule has 0 aromatic heterocycles. The summed E-state index contributed by atoms with van der Waals surface area (Å²) in [5, 5.41) is 8.87. The Morgan fingerprint density at radius 2 is 1.74 bits per heavy atom. The van der Waals surface area contributed by atoms with Gasteiger partial charge in [0.1, 0.15) is 0 Å². The number of benzene rings is 3. The Balaban J connectivity index is 1.57. The molecule has 2 N–H and O–H groups in total. The van der Waals surface area contributed by atoms with Crippen molar-refractivity contribution in [1.82, 2.24) is 10.2 Å². The molecule has 1 atom stereocenters. The lowest BCUT2D eigenvalue weighted by Gasteiger charge is -2.37. The Morgan fingerprint density at radius 3 is 2.41 bits per heavy atom. The molecule has 0 spiro atoms. The summed E-state index contributed by atoms with van der Waals surface area (Å²) < 4.78 is 5.32. The first-order chi connectivity index (χ1) is 16.4. The van der Waals surface area contributed by atoms with Crippen LogP contribution >= 0.6 is 12.2 Å². The zero-order valence-electron chi connectivity index (χ0n) is 19.4. The lowest BCUT2D eigenvalue weighted by Crippen LogP contribution is -2.47. The normalized spacial score (nSPS) is 15.8. The molecule has 0 aliphatic carbocycles. The van der Waals surface area contributed by atoms with Gasteiger partial charge in [-0.05, 0) is 73.6 Å². The number of esters is 1. The fourth-order valence-electron chi connectivity index (χ4n) is 4.18. The maximum atomic E-state index is 12.8. The van der Waals surface area contributed by atoms with Crippen LogP contribution in [0.1, 0.15) is 42.7 Å². The minimum absolute atomic E-state index is 0.183. The maximum absolute atomic E-state index is 12.8. The number of nitrogens with zero attached hydrogens (tertiary/aromatic N) is 1. The minimum atomic E-state index is -0.431. The first kappa shape index (κ1) is 23.4. The van der Waals surface area contributed by atoms with Crippen molar-refractivity contribution < 1.29 is 14.3 Å². The van der Waals surface area contributed by atoms with Crippen molar-refractivity contribution in [2.75, 3.05) is 18.5 Å². The molecule has 1 unspecified atom stereocenters. The van der Waals surface area contributed by atoms with Gasteiger partial charge < -0.3 is 20.3 Å². The third-order valence-electron chi connectivity index (χ3n) is 5.92. The number of allylic oxidation sites excluding steroid dienone is 1. The van der Waals surface area contributed by atoms with E-state index in [1.165, 1.54) is 0 Å². The second-order valence-corrected chi connectivity index (χ2v) is 8.37. The second kappa shape index (κ2) is 10.1. The topological polar surface area (TPSA) is 70.7 Å². The average molecular weight is 474 g/mol. The van der Waals surface area contributed by atoms with Gasteiger partial charge >= 0.3 is 5.97 Å². The van der Waals surface area contributed by atoms with Crippen LogP contribution in [0.25, 0.3) is 10.8 Å². The molecule has 1 amide bonds. The van der Waals surface area contributed by atoms with Crippen LogP contribution in [0.2, 0.25) is 0 Å². The SMILES string of the molecule is CCOC(=O)C1=C(C)N(CC)C(=S)NC1c1ccc(NC(=O)c2ccc3ccccc3c2)cc1. The van der Waals surface area contributed by atoms with E-state index in [0.717, 1.165) is 22.0 Å². The molecule has 4 rings (SSSR count). The smallest absolute Gasteiger partial charge is 0.338 e. The van der Waals surface area contributed by atoms with E-state index < -0.39 is 6.04 Å². The van der Waals surface area contributed by atoms with E-state index in [2.05, 4.69) is 10.6 Å². The summed E-state index contributed by atoms with van der Waals surface area (Å²) in [4.78, 5) is 27.5. The Labute approximate surface area is 204 Å². The number of fused-ring (bicyclic) bond motifs is 1. The van der Waals surface area contributed by atoms with E-state index in [-0.39, 0.29) is 11.9 Å². The number of thiocarbonyl (C=S) groups is 1. The monoisotopic (exact) mass is 473 g/mol. The number of rotatable bonds is 6. The van der Waals surface area contributed by atoms with Gasteiger partial charge in [-0.3, -0.25) is 4.79 Å². The van der Waals surface area contributed by atoms with Crippen molar-refractivity contribution >= 4 is 45.7 Å². The van der Waals surface area contributed by atoms with E-state index in [4.69, 9.17) is 17.0 Å². The molecule has 0 radical (unpaired) electrons. The predicted octanol–water partition coefficient (Wildman–Crippen LogP) is 5.18. The second-order valence-electron chi connectivity index (χ2n) is 7.98. The Morgan fingerprint density at radius 1 is 1.03 bits per heavy atom. The van der Waals surface area contributed by atoms with Crippen molar-refractivity contribution in [1.29, 1.82) is 0 Å². The Hall–Kier alpha value is -3.71. The molecular weight excluding hydrogens is 446 g/mol. The number of carbonyl (C=O) groups excluding carboxylic acids is 2. The summed E-state index contributed by atoms with van der Waals surface area (Å²) in [5.41, 5.74) is 3.41. The number of amides is 1. The van der Waals surface area contributed by atoms with Gasteiger partial charge in [0.05, 0.1) is 18.2 Å². The van der Waals surface area contributed by atoms with E-state index >= 15 is 0 Å². The lowest BCUT2D eigenvalue weighted by atomic mass is 9.95. The highest BCUT2D eigenvalue weighted by molar-refractivity contribution is 7.80. The minimum Gasteiger partial charge on any atom is -0.463 e. The van der Waals surface area contributed by atoms with Crippen LogP contribution in [0, 0.1) is 0 Å². The van der Waals surface area contributed by atoms with Crippen LogP contribution in [0.4, 0.5) is 5.69 Å². The molecule has 34 heavy (non-hydrogen) atoms. The van der Waals surface area contributed by atoms with E-state index in [9.17, 15) is 9.59 Å². The van der Waals surface area contributed by atoms with Gasteiger partial charge in [0, 0.05) is 23.5 Å². The van der Waals surface area contributed by atoms with Crippen LogP contribution in [0.5, 0.6) is 0 Å². The first-order valence-corrected chi connectivity index (χ1v) is 11.7. The third kappa shape index (κ3) is 4.65. The van der Waals surface area contributed by atoms with Crippen molar-refractivity contribution in [3.05, 3.63) is 89.1 Å². The van der Waals surface area contributed by atoms with E-state index in [1.54, 1.807) is 6.92 Å². The van der Waals surface area contributed by atoms with Crippen LogP contribution in [0.15, 0.2) is 78.0 Å². The van der Waals surface area contributed by atoms with Crippen molar-refractivity contribution in [2.24, 2.45) is 0 Å². The third-order valence-corrected chi connectivity index (χ3v) is 6.26. The zero-order chi connectivity index (χ0) is 24.2. The number of ether oxygens (including phenoxy) is 1. The number of nitrogens with one attached hydrogen (secondary N) is 2. The largest absolute Gasteiger partial charge is 0.463 e. The lowest BCUT2D eigenvalue weighted by molar-refractivity contribution is -0.139. The first-order valence-electron chi connectivity index (χ1n) is 11.3. The van der Waals surface area contributed by atoms with Crippen LogP contribution < -0.4 is 10.6 Å². The quantitative estimate of drug-likeness (QED) is 0.380. The van der Waals surface area contributed by atoms with Gasteiger partial charge in [0.15, 0.2) is 5.11 Å².